The highest BCUT2D eigenvalue weighted by molar-refractivity contribution is 6.49. The predicted molar refractivity (Wildman–Crippen MR) is 125 cm³/mol. The Labute approximate surface area is 177 Å². The Morgan fingerprint density at radius 1 is 1.24 bits per heavy atom. The van der Waals surface area contributed by atoms with Crippen molar-refractivity contribution in [3.63, 3.8) is 0 Å². The first-order valence-corrected chi connectivity index (χ1v) is 13.1. The van der Waals surface area contributed by atoms with Crippen LogP contribution in [0.1, 0.15) is 57.7 Å². The first-order chi connectivity index (χ1) is 13.6. The van der Waals surface area contributed by atoms with E-state index >= 15 is 0 Å². The number of fused-ring (bicyclic) bond motifs is 1. The maximum atomic E-state index is 11.5. The molecule has 0 fully saturated rings. The van der Waals surface area contributed by atoms with E-state index in [0.717, 1.165) is 23.3 Å². The van der Waals surface area contributed by atoms with Crippen molar-refractivity contribution in [2.24, 2.45) is 0 Å². The third-order valence-corrected chi connectivity index (χ3v) is 5.69. The van der Waals surface area contributed by atoms with Gasteiger partial charge in [0.15, 0.2) is 0 Å². The van der Waals surface area contributed by atoms with Crippen molar-refractivity contribution in [3.8, 4) is 0 Å². The molecule has 2 rings (SSSR count). The Morgan fingerprint density at radius 3 is 2.62 bits per heavy atom. The molecule has 0 heterocycles. The minimum atomic E-state index is -1.17. The minimum Gasteiger partial charge on any atom is -0.547 e. The average Bonchev–Trinajstić information content (AvgIpc) is 2.63. The Hall–Kier alpha value is -2.33. The van der Waals surface area contributed by atoms with Crippen LogP contribution in [0.2, 0.25) is 13.1 Å². The van der Waals surface area contributed by atoms with Crippen molar-refractivity contribution < 1.29 is 14.0 Å². The van der Waals surface area contributed by atoms with Gasteiger partial charge < -0.3 is 9.16 Å². The van der Waals surface area contributed by atoms with Crippen LogP contribution in [-0.4, -0.2) is 21.6 Å². The van der Waals surface area contributed by atoms with Crippen LogP contribution < -0.4 is 0 Å². The molecule has 4 heteroatoms. The fraction of sp³-hybridized carbons (Fsp3) is 0.400. The molecule has 0 amide bonds. The summed E-state index contributed by atoms with van der Waals surface area (Å²) in [5, 5.41) is 0. The monoisotopic (exact) mass is 410 g/mol. The van der Waals surface area contributed by atoms with E-state index < -0.39 is 9.04 Å². The van der Waals surface area contributed by atoms with Crippen LogP contribution in [0.25, 0.3) is 11.3 Å². The molecular weight excluding hydrogens is 376 g/mol. The highest BCUT2D eigenvalue weighted by Gasteiger charge is 2.29. The standard InChI is InChI=1S/C25H34O3Si/c1-8-27-24(26)16-18(2)10-9-11-19(3)20-12-13-22-21(17-20)23(28-29(6)7)14-15-25(22,4)5/h9-14,16-17,29H,8,15H2,1-7H3/b10-9+,18-16-,19-11+. The summed E-state index contributed by atoms with van der Waals surface area (Å²) in [6.45, 7) is 15.2. The topological polar surface area (TPSA) is 35.5 Å². The molecule has 1 aromatic carbocycles. The van der Waals surface area contributed by atoms with Gasteiger partial charge in [0.05, 0.1) is 6.61 Å². The third kappa shape index (κ3) is 6.33. The highest BCUT2D eigenvalue weighted by Crippen LogP contribution is 2.40. The molecule has 0 saturated heterocycles. The number of carbonyl (C=O) groups is 1. The molecule has 0 aliphatic heterocycles. The van der Waals surface area contributed by atoms with Gasteiger partial charge in [-0.05, 0) is 80.1 Å². The Kier molecular flexibility index (Phi) is 7.85. The van der Waals surface area contributed by atoms with E-state index in [0.29, 0.717) is 6.61 Å². The van der Waals surface area contributed by atoms with Crippen LogP contribution in [0.5, 0.6) is 0 Å². The van der Waals surface area contributed by atoms with Crippen molar-refractivity contribution in [2.45, 2.75) is 59.5 Å². The molecule has 0 radical (unpaired) electrons. The quantitative estimate of drug-likeness (QED) is 0.233. The molecule has 0 atom stereocenters. The molecule has 156 valence electrons. The first-order valence-electron chi connectivity index (χ1n) is 10.4. The molecule has 0 aromatic heterocycles. The van der Waals surface area contributed by atoms with Gasteiger partial charge in [0.25, 0.3) is 0 Å². The number of benzene rings is 1. The summed E-state index contributed by atoms with van der Waals surface area (Å²) in [6.07, 6.45) is 10.7. The zero-order valence-electron chi connectivity index (χ0n) is 18.8. The van der Waals surface area contributed by atoms with E-state index in [1.807, 2.05) is 19.1 Å². The normalized spacial score (nSPS) is 16.6. The van der Waals surface area contributed by atoms with Gasteiger partial charge in [0.1, 0.15) is 5.76 Å². The Balaban J connectivity index is 2.27. The lowest BCUT2D eigenvalue weighted by Crippen LogP contribution is -2.23. The van der Waals surface area contributed by atoms with E-state index in [9.17, 15) is 4.79 Å². The molecule has 29 heavy (non-hydrogen) atoms. The zero-order chi connectivity index (χ0) is 21.6. The molecule has 1 aliphatic rings. The molecule has 1 aliphatic carbocycles. The molecule has 0 bridgehead atoms. The third-order valence-electron chi connectivity index (χ3n) is 4.97. The minimum absolute atomic E-state index is 0.117. The first kappa shape index (κ1) is 23.0. The molecule has 0 N–H and O–H groups in total. The van der Waals surface area contributed by atoms with Crippen LogP contribution in [0.15, 0.2) is 54.2 Å². The van der Waals surface area contributed by atoms with Gasteiger partial charge in [-0.3, -0.25) is 0 Å². The molecule has 0 unspecified atom stereocenters. The van der Waals surface area contributed by atoms with Crippen molar-refractivity contribution in [1.29, 1.82) is 0 Å². The fourth-order valence-corrected chi connectivity index (χ4v) is 4.11. The summed E-state index contributed by atoms with van der Waals surface area (Å²) in [4.78, 5) is 11.5. The SMILES string of the molecule is CCOC(=O)\C=C(C)/C=C/C=C(\C)c1ccc2c(c1)C(O[SiH](C)C)=CCC2(C)C. The second-order valence-corrected chi connectivity index (χ2v) is 10.8. The molecule has 3 nitrogen and oxygen atoms in total. The van der Waals surface area contributed by atoms with E-state index in [-0.39, 0.29) is 11.4 Å². The van der Waals surface area contributed by atoms with E-state index in [1.165, 1.54) is 22.8 Å². The van der Waals surface area contributed by atoms with E-state index in [1.54, 1.807) is 6.92 Å². The Bertz CT molecular complexity index is 870. The van der Waals surface area contributed by atoms with Gasteiger partial charge >= 0.3 is 5.97 Å². The van der Waals surface area contributed by atoms with Crippen molar-refractivity contribution in [1.82, 2.24) is 0 Å². The summed E-state index contributed by atoms with van der Waals surface area (Å²) in [7, 11) is -1.17. The van der Waals surface area contributed by atoms with Gasteiger partial charge in [-0.25, -0.2) is 4.79 Å². The van der Waals surface area contributed by atoms with Gasteiger partial charge in [0.2, 0.25) is 9.04 Å². The summed E-state index contributed by atoms with van der Waals surface area (Å²) in [5.41, 5.74) is 5.89. The summed E-state index contributed by atoms with van der Waals surface area (Å²) in [5.74, 6) is 0.736. The predicted octanol–water partition coefficient (Wildman–Crippen LogP) is 6.18. The maximum absolute atomic E-state index is 11.5. The number of allylic oxidation sites excluding steroid dienone is 6. The van der Waals surface area contributed by atoms with Crippen molar-refractivity contribution in [3.05, 3.63) is 70.8 Å². The van der Waals surface area contributed by atoms with Crippen LogP contribution in [0.3, 0.4) is 0 Å². The van der Waals surface area contributed by atoms with Gasteiger partial charge in [-0.15, -0.1) is 0 Å². The Morgan fingerprint density at radius 2 is 1.97 bits per heavy atom. The second kappa shape index (κ2) is 9.93. The number of esters is 1. The zero-order valence-corrected chi connectivity index (χ0v) is 20.0. The molecule has 0 saturated carbocycles. The summed E-state index contributed by atoms with van der Waals surface area (Å²) >= 11 is 0. The number of rotatable bonds is 7. The van der Waals surface area contributed by atoms with Gasteiger partial charge in [-0.2, -0.15) is 0 Å². The average molecular weight is 411 g/mol. The van der Waals surface area contributed by atoms with Crippen molar-refractivity contribution in [2.75, 3.05) is 6.61 Å². The van der Waals surface area contributed by atoms with Crippen LogP contribution in [-0.2, 0) is 19.4 Å². The number of carbonyl (C=O) groups excluding carboxylic acids is 1. The lowest BCUT2D eigenvalue weighted by Gasteiger charge is -2.33. The maximum Gasteiger partial charge on any atom is 0.330 e. The number of hydrogen-bond donors (Lipinski definition) is 0. The van der Waals surface area contributed by atoms with Gasteiger partial charge in [0, 0.05) is 11.6 Å². The lowest BCUT2D eigenvalue weighted by atomic mass is 9.74. The number of hydrogen-bond acceptors (Lipinski definition) is 3. The van der Waals surface area contributed by atoms with Crippen LogP contribution >= 0.6 is 0 Å². The molecule has 1 aromatic rings. The molecule has 0 spiro atoms. The van der Waals surface area contributed by atoms with Gasteiger partial charge in [-0.1, -0.05) is 44.2 Å². The largest absolute Gasteiger partial charge is 0.547 e. The van der Waals surface area contributed by atoms with Crippen molar-refractivity contribution >= 4 is 26.3 Å². The van der Waals surface area contributed by atoms with E-state index in [4.69, 9.17) is 9.16 Å². The lowest BCUT2D eigenvalue weighted by molar-refractivity contribution is -0.137. The summed E-state index contributed by atoms with van der Waals surface area (Å²) < 4.78 is 11.2. The van der Waals surface area contributed by atoms with Crippen LogP contribution in [0.4, 0.5) is 0 Å². The second-order valence-electron chi connectivity index (χ2n) is 8.43. The van der Waals surface area contributed by atoms with Crippen LogP contribution in [0, 0.1) is 0 Å². The summed E-state index contributed by atoms with van der Waals surface area (Å²) in [6, 6.07) is 6.69. The number of ether oxygens (including phenoxy) is 1. The highest BCUT2D eigenvalue weighted by atomic mass is 28.3. The molecular formula is C25H34O3Si. The smallest absolute Gasteiger partial charge is 0.330 e. The fourth-order valence-electron chi connectivity index (χ4n) is 3.38. The van der Waals surface area contributed by atoms with E-state index in [2.05, 4.69) is 64.2 Å².